The van der Waals surface area contributed by atoms with Gasteiger partial charge in [-0.25, -0.2) is 13.1 Å². The van der Waals surface area contributed by atoms with Gasteiger partial charge in [-0.1, -0.05) is 25.5 Å². The Labute approximate surface area is 157 Å². The van der Waals surface area contributed by atoms with Crippen LogP contribution in [0.5, 0.6) is 0 Å². The lowest BCUT2D eigenvalue weighted by molar-refractivity contribution is -0.117. The van der Waals surface area contributed by atoms with Gasteiger partial charge in [-0.3, -0.25) is 9.69 Å². The minimum atomic E-state index is -3.25. The fraction of sp³-hybridized carbons (Fsp3) is 0.632. The number of nitrogens with one attached hydrogen (secondary N) is 2. The minimum Gasteiger partial charge on any atom is -0.325 e. The molecule has 0 bridgehead atoms. The molecule has 1 fully saturated rings. The summed E-state index contributed by atoms with van der Waals surface area (Å²) in [6, 6.07) is 7.61. The van der Waals surface area contributed by atoms with Crippen LogP contribution in [0.1, 0.15) is 51.5 Å². The van der Waals surface area contributed by atoms with Gasteiger partial charge in [0.05, 0.1) is 11.8 Å². The maximum Gasteiger partial charge on any atom is 0.238 e. The van der Waals surface area contributed by atoms with Gasteiger partial charge >= 0.3 is 0 Å². The summed E-state index contributed by atoms with van der Waals surface area (Å²) in [5.74, 6) is 0.0685. The van der Waals surface area contributed by atoms with Crippen LogP contribution in [0.2, 0.25) is 0 Å². The van der Waals surface area contributed by atoms with Crippen molar-refractivity contribution in [3.05, 3.63) is 29.8 Å². The molecule has 26 heavy (non-hydrogen) atoms. The van der Waals surface area contributed by atoms with Crippen LogP contribution in [-0.4, -0.2) is 50.7 Å². The summed E-state index contributed by atoms with van der Waals surface area (Å²) in [7, 11) is -3.25. The maximum atomic E-state index is 12.1. The summed E-state index contributed by atoms with van der Waals surface area (Å²) in [6.45, 7) is 8.10. The normalized spacial score (nSPS) is 17.2. The number of sulfonamides is 1. The molecule has 1 aromatic rings. The first-order chi connectivity index (χ1) is 12.3. The topological polar surface area (TPSA) is 78.5 Å². The number of likely N-dealkylation sites (tertiary alicyclic amines) is 1. The zero-order chi connectivity index (χ0) is 19.2. The average molecular weight is 382 g/mol. The number of nitrogens with zero attached hydrogens (tertiary/aromatic N) is 1. The van der Waals surface area contributed by atoms with E-state index in [1.165, 1.54) is 19.3 Å². The van der Waals surface area contributed by atoms with E-state index in [0.29, 0.717) is 13.1 Å². The summed E-state index contributed by atoms with van der Waals surface area (Å²) in [4.78, 5) is 14.3. The molecule has 0 aliphatic carbocycles. The molecule has 2 rings (SSSR count). The second kappa shape index (κ2) is 9.48. The Balaban J connectivity index is 1.84. The predicted molar refractivity (Wildman–Crippen MR) is 106 cm³/mol. The van der Waals surface area contributed by atoms with Crippen molar-refractivity contribution in [1.29, 1.82) is 0 Å². The van der Waals surface area contributed by atoms with Crippen LogP contribution in [0.25, 0.3) is 0 Å². The molecule has 0 saturated carbocycles. The third-order valence-electron chi connectivity index (χ3n) is 4.79. The molecule has 1 unspecified atom stereocenters. The van der Waals surface area contributed by atoms with Crippen LogP contribution >= 0.6 is 0 Å². The van der Waals surface area contributed by atoms with Gasteiger partial charge in [0.2, 0.25) is 15.9 Å². The number of carbonyl (C=O) groups excluding carboxylic acids is 1. The van der Waals surface area contributed by atoms with E-state index in [2.05, 4.69) is 14.9 Å². The molecular weight excluding hydrogens is 350 g/mol. The van der Waals surface area contributed by atoms with Gasteiger partial charge in [0, 0.05) is 12.2 Å². The van der Waals surface area contributed by atoms with Crippen molar-refractivity contribution in [3.8, 4) is 0 Å². The third kappa shape index (κ3) is 6.37. The fourth-order valence-corrected chi connectivity index (χ4v) is 3.76. The van der Waals surface area contributed by atoms with Gasteiger partial charge < -0.3 is 5.32 Å². The van der Waals surface area contributed by atoms with E-state index in [-0.39, 0.29) is 11.8 Å². The Bertz CT molecular complexity index is 680. The lowest BCUT2D eigenvalue weighted by Gasteiger charge is -2.25. The molecule has 1 aliphatic rings. The van der Waals surface area contributed by atoms with E-state index < -0.39 is 15.3 Å². The molecule has 7 heteroatoms. The quantitative estimate of drug-likeness (QED) is 0.725. The van der Waals surface area contributed by atoms with Gasteiger partial charge in [0.1, 0.15) is 0 Å². The standard InChI is InChI=1S/C19H31N3O3S/c1-15(2)26(24,25)20-13-16(3)17-7-9-18(10-8-17)21-19(23)14-22-11-5-4-6-12-22/h7-10,15-16,20H,4-6,11-14H2,1-3H3,(H,21,23). The van der Waals surface area contributed by atoms with Crippen molar-refractivity contribution in [2.45, 2.75) is 51.2 Å². The predicted octanol–water partition coefficient (Wildman–Crippen LogP) is 2.54. The van der Waals surface area contributed by atoms with Crippen molar-refractivity contribution >= 4 is 21.6 Å². The largest absolute Gasteiger partial charge is 0.325 e. The van der Waals surface area contributed by atoms with Gasteiger partial charge in [0.25, 0.3) is 0 Å². The monoisotopic (exact) mass is 381 g/mol. The highest BCUT2D eigenvalue weighted by Gasteiger charge is 2.17. The number of benzene rings is 1. The average Bonchev–Trinajstić information content (AvgIpc) is 2.61. The summed E-state index contributed by atoms with van der Waals surface area (Å²) in [5, 5.41) is 2.50. The van der Waals surface area contributed by atoms with Crippen LogP contribution in [0.3, 0.4) is 0 Å². The highest BCUT2D eigenvalue weighted by molar-refractivity contribution is 7.90. The first kappa shape index (κ1) is 20.9. The molecule has 1 atom stereocenters. The molecule has 1 aliphatic heterocycles. The smallest absolute Gasteiger partial charge is 0.238 e. The lowest BCUT2D eigenvalue weighted by Crippen LogP contribution is -2.36. The molecule has 1 amide bonds. The third-order valence-corrected chi connectivity index (χ3v) is 6.60. The van der Waals surface area contributed by atoms with Crippen LogP contribution in [0, 0.1) is 0 Å². The van der Waals surface area contributed by atoms with Crippen LogP contribution < -0.4 is 10.0 Å². The van der Waals surface area contributed by atoms with Crippen molar-refractivity contribution in [2.75, 3.05) is 31.5 Å². The molecule has 0 radical (unpaired) electrons. The summed E-state index contributed by atoms with van der Waals surface area (Å²) in [5.41, 5.74) is 1.80. The first-order valence-corrected chi connectivity index (χ1v) is 10.9. The number of rotatable bonds is 8. The molecule has 1 aromatic carbocycles. The number of hydrogen-bond donors (Lipinski definition) is 2. The Morgan fingerprint density at radius 1 is 1.08 bits per heavy atom. The highest BCUT2D eigenvalue weighted by atomic mass is 32.2. The number of hydrogen-bond acceptors (Lipinski definition) is 4. The van der Waals surface area contributed by atoms with Crippen LogP contribution in [-0.2, 0) is 14.8 Å². The fourth-order valence-electron chi connectivity index (χ4n) is 2.94. The van der Waals surface area contributed by atoms with Crippen LogP contribution in [0.15, 0.2) is 24.3 Å². The molecule has 2 N–H and O–H groups in total. The number of piperidine rings is 1. The number of anilines is 1. The highest BCUT2D eigenvalue weighted by Crippen LogP contribution is 2.18. The van der Waals surface area contributed by atoms with Crippen molar-refractivity contribution in [1.82, 2.24) is 9.62 Å². The zero-order valence-electron chi connectivity index (χ0n) is 16.0. The zero-order valence-corrected chi connectivity index (χ0v) is 16.8. The Kier molecular flexibility index (Phi) is 7.61. The van der Waals surface area contributed by atoms with Crippen molar-refractivity contribution < 1.29 is 13.2 Å². The Hall–Kier alpha value is -1.44. The van der Waals surface area contributed by atoms with Crippen molar-refractivity contribution in [2.24, 2.45) is 0 Å². The Morgan fingerprint density at radius 2 is 1.69 bits per heavy atom. The molecule has 0 spiro atoms. The molecule has 146 valence electrons. The van der Waals surface area contributed by atoms with Crippen LogP contribution in [0.4, 0.5) is 5.69 Å². The van der Waals surface area contributed by atoms with E-state index in [9.17, 15) is 13.2 Å². The van der Waals surface area contributed by atoms with E-state index in [4.69, 9.17) is 0 Å². The molecular formula is C19H31N3O3S. The van der Waals surface area contributed by atoms with E-state index in [1.54, 1.807) is 13.8 Å². The first-order valence-electron chi connectivity index (χ1n) is 9.38. The van der Waals surface area contributed by atoms with Gasteiger partial charge in [-0.15, -0.1) is 0 Å². The molecule has 6 nitrogen and oxygen atoms in total. The van der Waals surface area contributed by atoms with E-state index in [1.807, 2.05) is 31.2 Å². The SMILES string of the molecule is CC(CNS(=O)(=O)C(C)C)c1ccc(NC(=O)CN2CCCCC2)cc1. The number of carbonyl (C=O) groups is 1. The Morgan fingerprint density at radius 3 is 2.27 bits per heavy atom. The summed E-state index contributed by atoms with van der Waals surface area (Å²) < 4.78 is 26.3. The van der Waals surface area contributed by atoms with Gasteiger partial charge in [-0.2, -0.15) is 0 Å². The second-order valence-electron chi connectivity index (χ2n) is 7.35. The van der Waals surface area contributed by atoms with Gasteiger partial charge in [0.15, 0.2) is 0 Å². The lowest BCUT2D eigenvalue weighted by atomic mass is 10.0. The number of amides is 1. The summed E-state index contributed by atoms with van der Waals surface area (Å²) >= 11 is 0. The molecule has 0 aromatic heterocycles. The molecule has 1 saturated heterocycles. The van der Waals surface area contributed by atoms with Crippen molar-refractivity contribution in [3.63, 3.8) is 0 Å². The minimum absolute atomic E-state index is 0.0115. The van der Waals surface area contributed by atoms with E-state index >= 15 is 0 Å². The second-order valence-corrected chi connectivity index (χ2v) is 9.67. The summed E-state index contributed by atoms with van der Waals surface area (Å²) in [6.07, 6.45) is 3.59. The van der Waals surface area contributed by atoms with E-state index in [0.717, 1.165) is 24.3 Å². The maximum absolute atomic E-state index is 12.1. The van der Waals surface area contributed by atoms with Gasteiger partial charge in [-0.05, 0) is 63.4 Å². The molecule has 1 heterocycles.